The van der Waals surface area contributed by atoms with Crippen molar-refractivity contribution < 1.29 is 16.8 Å². The molecule has 8 nitrogen and oxygen atoms in total. The predicted molar refractivity (Wildman–Crippen MR) is 106 cm³/mol. The van der Waals surface area contributed by atoms with Crippen LogP contribution in [0.25, 0.3) is 5.69 Å². The SMILES string of the molecule is Cc1c(NS(=O)(=O)c2ccc(S(C)(=O)=O)cc2)c(=O)n(-c2ccccc2)n1C. The number of nitrogens with zero attached hydrogens (tertiary/aromatic N) is 2. The zero-order valence-corrected chi connectivity index (χ0v) is 17.1. The normalized spacial score (nSPS) is 12.1. The molecule has 3 aromatic rings. The molecule has 1 N–H and O–H groups in total. The minimum atomic E-state index is -4.08. The van der Waals surface area contributed by atoms with Gasteiger partial charge in [-0.3, -0.25) is 14.2 Å². The molecular weight excluding hydrogens is 402 g/mol. The number of rotatable bonds is 5. The molecule has 148 valence electrons. The van der Waals surface area contributed by atoms with Gasteiger partial charge >= 0.3 is 0 Å². The van der Waals surface area contributed by atoms with E-state index in [-0.39, 0.29) is 15.5 Å². The van der Waals surface area contributed by atoms with Crippen LogP contribution in [-0.4, -0.2) is 32.5 Å². The Morgan fingerprint density at radius 2 is 1.39 bits per heavy atom. The first kappa shape index (κ1) is 19.9. The summed E-state index contributed by atoms with van der Waals surface area (Å²) in [4.78, 5) is 12.7. The molecule has 0 saturated carbocycles. The molecule has 0 amide bonds. The van der Waals surface area contributed by atoms with Gasteiger partial charge in [-0.05, 0) is 43.3 Å². The quantitative estimate of drug-likeness (QED) is 0.675. The minimum Gasteiger partial charge on any atom is -0.283 e. The number of aromatic nitrogens is 2. The Balaban J connectivity index is 2.03. The van der Waals surface area contributed by atoms with E-state index in [2.05, 4.69) is 4.72 Å². The molecule has 0 aliphatic carbocycles. The van der Waals surface area contributed by atoms with E-state index < -0.39 is 25.4 Å². The summed E-state index contributed by atoms with van der Waals surface area (Å²) >= 11 is 0. The molecule has 0 aliphatic rings. The van der Waals surface area contributed by atoms with Crippen LogP contribution in [0.4, 0.5) is 5.69 Å². The maximum atomic E-state index is 12.8. The van der Waals surface area contributed by atoms with Crippen molar-refractivity contribution in [2.45, 2.75) is 16.7 Å². The van der Waals surface area contributed by atoms with Crippen molar-refractivity contribution in [2.24, 2.45) is 7.05 Å². The van der Waals surface area contributed by atoms with Crippen LogP contribution in [0.2, 0.25) is 0 Å². The van der Waals surface area contributed by atoms with Crippen molar-refractivity contribution in [3.05, 3.63) is 70.6 Å². The first-order valence-corrected chi connectivity index (χ1v) is 11.6. The fourth-order valence-corrected chi connectivity index (χ4v) is 4.49. The van der Waals surface area contributed by atoms with Crippen LogP contribution in [0.5, 0.6) is 0 Å². The van der Waals surface area contributed by atoms with Gasteiger partial charge in [0, 0.05) is 13.3 Å². The number of para-hydroxylation sites is 1. The second-order valence-electron chi connectivity index (χ2n) is 6.29. The monoisotopic (exact) mass is 421 g/mol. The molecule has 0 unspecified atom stereocenters. The van der Waals surface area contributed by atoms with Gasteiger partial charge in [0.1, 0.15) is 5.69 Å². The minimum absolute atomic E-state index is 0.00812. The number of benzene rings is 2. The van der Waals surface area contributed by atoms with Crippen molar-refractivity contribution in [2.75, 3.05) is 11.0 Å². The van der Waals surface area contributed by atoms with Crippen LogP contribution >= 0.6 is 0 Å². The zero-order valence-electron chi connectivity index (χ0n) is 15.4. The molecule has 1 heterocycles. The Kier molecular flexibility index (Phi) is 4.94. The van der Waals surface area contributed by atoms with Crippen LogP contribution in [0, 0.1) is 6.92 Å². The molecule has 10 heteroatoms. The molecule has 0 bridgehead atoms. The molecule has 1 aromatic heterocycles. The second-order valence-corrected chi connectivity index (χ2v) is 9.98. The summed E-state index contributed by atoms with van der Waals surface area (Å²) in [5, 5.41) is 0. The number of sulfonamides is 1. The highest BCUT2D eigenvalue weighted by atomic mass is 32.2. The summed E-state index contributed by atoms with van der Waals surface area (Å²) in [7, 11) is -5.86. The maximum absolute atomic E-state index is 12.8. The lowest BCUT2D eigenvalue weighted by Crippen LogP contribution is -2.23. The summed E-state index contributed by atoms with van der Waals surface area (Å²) in [5.41, 5.74) is 0.451. The van der Waals surface area contributed by atoms with Gasteiger partial charge in [-0.15, -0.1) is 0 Å². The van der Waals surface area contributed by atoms with E-state index in [9.17, 15) is 21.6 Å². The second kappa shape index (κ2) is 6.95. The number of anilines is 1. The Morgan fingerprint density at radius 1 is 0.857 bits per heavy atom. The van der Waals surface area contributed by atoms with Crippen LogP contribution in [0.15, 0.2) is 69.2 Å². The summed E-state index contributed by atoms with van der Waals surface area (Å²) in [6, 6.07) is 13.6. The number of sulfone groups is 1. The van der Waals surface area contributed by atoms with Gasteiger partial charge in [-0.2, -0.15) is 0 Å². The van der Waals surface area contributed by atoms with Crippen LogP contribution in [0.1, 0.15) is 5.69 Å². The largest absolute Gasteiger partial charge is 0.296 e. The van der Waals surface area contributed by atoms with Gasteiger partial charge < -0.3 is 0 Å². The predicted octanol–water partition coefficient (Wildman–Crippen LogP) is 1.69. The van der Waals surface area contributed by atoms with E-state index in [1.165, 1.54) is 28.9 Å². The van der Waals surface area contributed by atoms with Crippen LogP contribution in [0.3, 0.4) is 0 Å². The standard InChI is InChI=1S/C18H19N3O5S2/c1-13-17(18(22)21(20(13)2)14-7-5-4-6-8-14)19-28(25,26)16-11-9-15(10-12-16)27(3,23)24/h4-12,19H,1-3H3. The lowest BCUT2D eigenvalue weighted by Gasteiger charge is -2.08. The molecular formula is C18H19N3O5S2. The molecule has 3 rings (SSSR count). The first-order valence-electron chi connectivity index (χ1n) is 8.19. The van der Waals surface area contributed by atoms with Crippen molar-refractivity contribution in [3.63, 3.8) is 0 Å². The van der Waals surface area contributed by atoms with Gasteiger partial charge in [0.25, 0.3) is 15.6 Å². The molecule has 0 radical (unpaired) electrons. The maximum Gasteiger partial charge on any atom is 0.296 e. The van der Waals surface area contributed by atoms with Crippen LogP contribution < -0.4 is 10.3 Å². The molecule has 0 aliphatic heterocycles. The topological polar surface area (TPSA) is 107 Å². The third kappa shape index (κ3) is 3.60. The Labute approximate surface area is 163 Å². The number of hydrogen-bond donors (Lipinski definition) is 1. The Hall–Kier alpha value is -2.85. The van der Waals surface area contributed by atoms with Gasteiger partial charge in [-0.25, -0.2) is 21.5 Å². The molecule has 0 spiro atoms. The van der Waals surface area contributed by atoms with Gasteiger partial charge in [0.2, 0.25) is 0 Å². The zero-order chi connectivity index (χ0) is 20.7. The van der Waals surface area contributed by atoms with E-state index in [4.69, 9.17) is 0 Å². The van der Waals surface area contributed by atoms with Gasteiger partial charge in [-0.1, -0.05) is 18.2 Å². The van der Waals surface area contributed by atoms with E-state index in [0.29, 0.717) is 11.4 Å². The number of nitrogens with one attached hydrogen (secondary N) is 1. The molecule has 0 saturated heterocycles. The van der Waals surface area contributed by atoms with Gasteiger partial charge in [0.05, 0.1) is 21.2 Å². The van der Waals surface area contributed by atoms with Gasteiger partial charge in [0.15, 0.2) is 9.84 Å². The van der Waals surface area contributed by atoms with Crippen LogP contribution in [-0.2, 0) is 26.9 Å². The van der Waals surface area contributed by atoms with Crippen molar-refractivity contribution in [1.82, 2.24) is 9.36 Å². The highest BCUT2D eigenvalue weighted by Crippen LogP contribution is 2.20. The van der Waals surface area contributed by atoms with E-state index in [0.717, 1.165) is 6.26 Å². The summed E-state index contributed by atoms with van der Waals surface area (Å²) in [5.74, 6) is 0. The smallest absolute Gasteiger partial charge is 0.283 e. The fourth-order valence-electron chi connectivity index (χ4n) is 2.75. The van der Waals surface area contributed by atoms with E-state index in [1.54, 1.807) is 42.9 Å². The Bertz CT molecular complexity index is 1290. The van der Waals surface area contributed by atoms with E-state index >= 15 is 0 Å². The third-order valence-electron chi connectivity index (χ3n) is 4.35. The Morgan fingerprint density at radius 3 is 1.93 bits per heavy atom. The lowest BCUT2D eigenvalue weighted by atomic mass is 10.3. The fraction of sp³-hybridized carbons (Fsp3) is 0.167. The van der Waals surface area contributed by atoms with Crippen molar-refractivity contribution in [1.29, 1.82) is 0 Å². The highest BCUT2D eigenvalue weighted by Gasteiger charge is 2.22. The van der Waals surface area contributed by atoms with E-state index in [1.807, 2.05) is 6.07 Å². The average molecular weight is 422 g/mol. The summed E-state index contributed by atoms with van der Waals surface area (Å²) in [6.07, 6.45) is 1.04. The average Bonchev–Trinajstić information content (AvgIpc) is 2.85. The summed E-state index contributed by atoms with van der Waals surface area (Å²) in [6.45, 7) is 1.63. The van der Waals surface area contributed by atoms with Crippen molar-refractivity contribution >= 4 is 25.5 Å². The molecule has 28 heavy (non-hydrogen) atoms. The van der Waals surface area contributed by atoms with Crippen molar-refractivity contribution in [3.8, 4) is 5.69 Å². The first-order chi connectivity index (χ1) is 13.0. The number of hydrogen-bond acceptors (Lipinski definition) is 5. The lowest BCUT2D eigenvalue weighted by molar-refractivity contribution is 0.597. The molecule has 2 aromatic carbocycles. The highest BCUT2D eigenvalue weighted by molar-refractivity contribution is 7.92. The molecule has 0 fully saturated rings. The summed E-state index contributed by atoms with van der Waals surface area (Å²) < 4.78 is 53.7. The molecule has 0 atom stereocenters. The third-order valence-corrected chi connectivity index (χ3v) is 6.85.